The van der Waals surface area contributed by atoms with Crippen molar-refractivity contribution < 1.29 is 20.4 Å². The highest BCUT2D eigenvalue weighted by molar-refractivity contribution is 5.77. The molecule has 0 saturated carbocycles. The van der Waals surface area contributed by atoms with Crippen LogP contribution in [-0.4, -0.2) is 29.6 Å². The molecule has 0 aromatic rings. The van der Waals surface area contributed by atoms with Gasteiger partial charge in [-0.25, -0.2) is 4.79 Å². The normalized spacial score (nSPS) is 12.5. The number of hydrogen-bond acceptors (Lipinski definition) is 2. The van der Waals surface area contributed by atoms with Crippen molar-refractivity contribution in [1.29, 1.82) is 0 Å². The number of unbranched alkanes of at least 4 members (excludes halogenated alkanes) is 1. The maximum atomic E-state index is 11.1. The second kappa shape index (κ2) is 7.23. The minimum Gasteiger partial charge on any atom is -0.477 e. The van der Waals surface area contributed by atoms with Crippen molar-refractivity contribution in [2.24, 2.45) is 5.92 Å². The lowest BCUT2D eigenvalue weighted by atomic mass is 10.1. The van der Waals surface area contributed by atoms with E-state index in [0.717, 1.165) is 12.8 Å². The molecule has 0 aromatic heterocycles. The summed E-state index contributed by atoms with van der Waals surface area (Å²) in [5.41, 5.74) is 3.51. The minimum atomic E-state index is -0.860. The summed E-state index contributed by atoms with van der Waals surface area (Å²) in [5.74, 6) is -0.815. The van der Waals surface area contributed by atoms with Crippen LogP contribution in [-0.2, 0) is 9.59 Å². The van der Waals surface area contributed by atoms with Gasteiger partial charge >= 0.3 is 5.97 Å². The Bertz CT molecular complexity index is 217. The van der Waals surface area contributed by atoms with Gasteiger partial charge in [0.05, 0.1) is 0 Å². The average molecular weight is 217 g/mol. The highest BCUT2D eigenvalue weighted by Crippen LogP contribution is 1.98. The third-order valence-corrected chi connectivity index (χ3v) is 2.15. The zero-order valence-corrected chi connectivity index (χ0v) is 9.45. The number of rotatable bonds is 7. The lowest BCUT2D eigenvalue weighted by molar-refractivity contribution is -0.409. The van der Waals surface area contributed by atoms with Gasteiger partial charge in [0.25, 0.3) is 0 Å². The second-order valence-corrected chi connectivity index (χ2v) is 3.98. The minimum absolute atomic E-state index is 0.00427. The van der Waals surface area contributed by atoms with Crippen molar-refractivity contribution in [3.63, 3.8) is 0 Å². The summed E-state index contributed by atoms with van der Waals surface area (Å²) < 4.78 is 0. The van der Waals surface area contributed by atoms with Crippen LogP contribution in [0, 0.1) is 5.92 Å². The molecule has 1 unspecified atom stereocenters. The third-order valence-electron chi connectivity index (χ3n) is 2.15. The number of carbonyl (C=O) groups excluding carboxylic acids is 1. The van der Waals surface area contributed by atoms with E-state index in [2.05, 4.69) is 11.1 Å². The predicted octanol–water partition coefficient (Wildman–Crippen LogP) is -0.376. The summed E-state index contributed by atoms with van der Waals surface area (Å²) >= 11 is 0. The fraction of sp³-hybridized carbons (Fsp3) is 0.800. The van der Waals surface area contributed by atoms with Gasteiger partial charge in [-0.2, -0.15) is 0 Å². The van der Waals surface area contributed by atoms with Crippen molar-refractivity contribution in [3.8, 4) is 0 Å². The van der Waals surface area contributed by atoms with Crippen molar-refractivity contribution in [2.75, 3.05) is 6.54 Å². The van der Waals surface area contributed by atoms with Crippen LogP contribution in [0.3, 0.4) is 0 Å². The van der Waals surface area contributed by atoms with E-state index in [9.17, 15) is 9.59 Å². The van der Waals surface area contributed by atoms with E-state index in [1.807, 2.05) is 13.8 Å². The zero-order chi connectivity index (χ0) is 11.8. The van der Waals surface area contributed by atoms with Crippen LogP contribution in [0.1, 0.15) is 33.1 Å². The van der Waals surface area contributed by atoms with Gasteiger partial charge in [0, 0.05) is 18.9 Å². The largest absolute Gasteiger partial charge is 0.477 e. The number of aliphatic carboxylic acids is 1. The number of amides is 1. The Morgan fingerprint density at radius 1 is 1.33 bits per heavy atom. The van der Waals surface area contributed by atoms with E-state index in [1.165, 1.54) is 0 Å². The van der Waals surface area contributed by atoms with Crippen LogP contribution < -0.4 is 11.1 Å². The van der Waals surface area contributed by atoms with Crippen LogP contribution in [0.15, 0.2) is 0 Å². The van der Waals surface area contributed by atoms with Crippen molar-refractivity contribution in [2.45, 2.75) is 39.2 Å². The first-order valence-corrected chi connectivity index (χ1v) is 5.28. The van der Waals surface area contributed by atoms with E-state index in [0.29, 0.717) is 13.0 Å². The van der Waals surface area contributed by atoms with Crippen LogP contribution in [0.25, 0.3) is 0 Å². The molecular formula is C10H21N2O3+. The number of carbonyl (C=O) groups is 2. The third kappa shape index (κ3) is 6.90. The summed E-state index contributed by atoms with van der Waals surface area (Å²) in [4.78, 5) is 21.6. The molecule has 0 radical (unpaired) electrons. The lowest BCUT2D eigenvalue weighted by Crippen LogP contribution is -2.64. The molecule has 1 amide bonds. The van der Waals surface area contributed by atoms with E-state index >= 15 is 0 Å². The average Bonchev–Trinajstić information content (AvgIpc) is 2.16. The summed E-state index contributed by atoms with van der Waals surface area (Å²) in [6.45, 7) is 4.29. The predicted molar refractivity (Wildman–Crippen MR) is 56.0 cm³/mol. The maximum absolute atomic E-state index is 11.1. The van der Waals surface area contributed by atoms with Gasteiger partial charge in [0.15, 0.2) is 6.04 Å². The molecule has 1 atom stereocenters. The van der Waals surface area contributed by atoms with E-state index in [1.54, 1.807) is 0 Å². The Labute approximate surface area is 90.0 Å². The Kier molecular flexibility index (Phi) is 6.70. The first-order valence-electron chi connectivity index (χ1n) is 5.28. The quantitative estimate of drug-likeness (QED) is 0.507. The van der Waals surface area contributed by atoms with Crippen LogP contribution in [0.5, 0.6) is 0 Å². The molecule has 5 heteroatoms. The Morgan fingerprint density at radius 3 is 2.40 bits per heavy atom. The van der Waals surface area contributed by atoms with Gasteiger partial charge in [-0.15, -0.1) is 0 Å². The molecule has 0 heterocycles. The second-order valence-electron chi connectivity index (χ2n) is 3.98. The lowest BCUT2D eigenvalue weighted by Gasteiger charge is -2.07. The number of hydrogen-bond donors (Lipinski definition) is 3. The van der Waals surface area contributed by atoms with Crippen LogP contribution in [0.2, 0.25) is 0 Å². The molecule has 0 aliphatic carbocycles. The molecule has 0 spiro atoms. The molecule has 0 fully saturated rings. The summed E-state index contributed by atoms with van der Waals surface area (Å²) in [7, 11) is 0. The van der Waals surface area contributed by atoms with Gasteiger partial charge in [0.1, 0.15) is 0 Å². The van der Waals surface area contributed by atoms with Gasteiger partial charge in [-0.3, -0.25) is 4.79 Å². The molecule has 0 aromatic carbocycles. The molecule has 15 heavy (non-hydrogen) atoms. The number of quaternary nitrogens is 1. The van der Waals surface area contributed by atoms with Gasteiger partial charge < -0.3 is 16.2 Å². The Hall–Kier alpha value is -1.10. The Balaban J connectivity index is 3.40. The van der Waals surface area contributed by atoms with E-state index in [-0.39, 0.29) is 11.8 Å². The maximum Gasteiger partial charge on any atom is 0.362 e. The van der Waals surface area contributed by atoms with Crippen molar-refractivity contribution in [3.05, 3.63) is 0 Å². The first-order chi connectivity index (χ1) is 6.95. The highest BCUT2D eigenvalue weighted by atomic mass is 16.4. The zero-order valence-electron chi connectivity index (χ0n) is 9.45. The van der Waals surface area contributed by atoms with E-state index in [4.69, 9.17) is 5.11 Å². The molecule has 0 aliphatic heterocycles. The molecule has 0 bridgehead atoms. The summed E-state index contributed by atoms with van der Waals surface area (Å²) in [6, 6.07) is -0.536. The standard InChI is InChI=1S/C10H20N2O3/c1-7(2)9(13)12-6-4-3-5-8(11)10(14)15/h7-8H,3-6,11H2,1-2H3,(H,12,13)(H,14,15)/p+1. The monoisotopic (exact) mass is 217 g/mol. The molecule has 5 N–H and O–H groups in total. The van der Waals surface area contributed by atoms with Crippen molar-refractivity contribution >= 4 is 11.9 Å². The number of carboxylic acid groups (broad SMARTS) is 1. The number of carboxylic acids is 1. The SMILES string of the molecule is CC(C)C(=O)NCCCCC([NH3+])C(=O)O. The van der Waals surface area contributed by atoms with Gasteiger partial charge in [-0.05, 0) is 12.8 Å². The molecular weight excluding hydrogens is 196 g/mol. The highest BCUT2D eigenvalue weighted by Gasteiger charge is 2.14. The summed E-state index contributed by atoms with van der Waals surface area (Å²) in [6.07, 6.45) is 2.14. The molecule has 88 valence electrons. The number of nitrogens with one attached hydrogen (secondary N) is 1. The van der Waals surface area contributed by atoms with Crippen molar-refractivity contribution in [1.82, 2.24) is 5.32 Å². The smallest absolute Gasteiger partial charge is 0.362 e. The van der Waals surface area contributed by atoms with Crippen LogP contribution >= 0.6 is 0 Å². The Morgan fingerprint density at radius 2 is 1.93 bits per heavy atom. The molecule has 0 rings (SSSR count). The molecule has 0 aliphatic rings. The molecule has 0 saturated heterocycles. The fourth-order valence-corrected chi connectivity index (χ4v) is 1.05. The van der Waals surface area contributed by atoms with Gasteiger partial charge in [0.2, 0.25) is 5.91 Å². The molecule has 5 nitrogen and oxygen atoms in total. The first kappa shape index (κ1) is 13.9. The van der Waals surface area contributed by atoms with Crippen LogP contribution in [0.4, 0.5) is 0 Å². The topological polar surface area (TPSA) is 94.0 Å². The summed E-state index contributed by atoms with van der Waals surface area (Å²) in [5, 5.41) is 11.3. The van der Waals surface area contributed by atoms with Gasteiger partial charge in [-0.1, -0.05) is 13.8 Å². The fourth-order valence-electron chi connectivity index (χ4n) is 1.05. The van der Waals surface area contributed by atoms with E-state index < -0.39 is 12.0 Å².